The van der Waals surface area contributed by atoms with Gasteiger partial charge in [0, 0.05) is 32.7 Å². The molecule has 0 N–H and O–H groups in total. The average Bonchev–Trinajstić information content (AvgIpc) is 1.30. The second kappa shape index (κ2) is 4.45. The van der Waals surface area contributed by atoms with Crippen molar-refractivity contribution in [2.75, 3.05) is 0 Å². The normalized spacial score (nSPS) is 9.38. The number of ether oxygens (including phenoxy) is 1. The summed E-state index contributed by atoms with van der Waals surface area (Å²) >= 11 is 0. The van der Waals surface area contributed by atoms with Crippen LogP contribution >= 0.6 is 0 Å². The minimum atomic E-state index is -0.373. The summed E-state index contributed by atoms with van der Waals surface area (Å²) in [4.78, 5) is 9.47. The molecule has 0 aromatic carbocycles. The Balaban J connectivity index is 0. The zero-order chi connectivity index (χ0) is 5.91. The second-order valence-electron chi connectivity index (χ2n) is 2.30. The third-order valence-corrected chi connectivity index (χ3v) is 0.348. The van der Waals surface area contributed by atoms with Gasteiger partial charge in [0.15, 0.2) is 0 Å². The largest absolute Gasteiger partial charge is 0.649 e. The van der Waals surface area contributed by atoms with Gasteiger partial charge in [-0.3, -0.25) is 0 Å². The molecule has 0 atom stereocenters. The number of carbonyl (C=O) groups excluding carboxylic acids is 1. The van der Waals surface area contributed by atoms with Crippen molar-refractivity contribution < 1.29 is 42.2 Å². The van der Waals surface area contributed by atoms with Crippen molar-refractivity contribution in [2.24, 2.45) is 0 Å². The van der Waals surface area contributed by atoms with E-state index < -0.39 is 0 Å². The molecule has 0 rings (SSSR count). The maximum absolute atomic E-state index is 9.47. The molecule has 0 saturated carbocycles. The monoisotopic (exact) mass is 190 g/mol. The standard InChI is InChI=1S/C5H9O2.Y/c1-5(2,3)7-4-6;/h1-3H3;/q-1;. The molecular weight excluding hydrogens is 181 g/mol. The van der Waals surface area contributed by atoms with Gasteiger partial charge < -0.3 is 9.53 Å². The zero-order valence-corrected chi connectivity index (χ0v) is 8.23. The van der Waals surface area contributed by atoms with Crippen LogP contribution in [0.2, 0.25) is 0 Å². The molecule has 0 spiro atoms. The molecule has 0 aromatic rings. The van der Waals surface area contributed by atoms with Crippen LogP contribution in [0, 0.1) is 0 Å². The van der Waals surface area contributed by atoms with E-state index in [9.17, 15) is 4.79 Å². The fraction of sp³-hybridized carbons (Fsp3) is 0.800. The maximum Gasteiger partial charge on any atom is 0.0623 e. The van der Waals surface area contributed by atoms with Crippen LogP contribution in [0.1, 0.15) is 20.8 Å². The average molecular weight is 190 g/mol. The van der Waals surface area contributed by atoms with Gasteiger partial charge in [-0.2, -0.15) is 0 Å². The van der Waals surface area contributed by atoms with E-state index in [4.69, 9.17) is 0 Å². The fourth-order valence-corrected chi connectivity index (χ4v) is 0.125. The molecule has 2 nitrogen and oxygen atoms in total. The molecule has 0 amide bonds. The van der Waals surface area contributed by atoms with Crippen molar-refractivity contribution in [1.29, 1.82) is 0 Å². The molecule has 0 aromatic heterocycles. The molecule has 3 heteroatoms. The first-order valence-electron chi connectivity index (χ1n) is 2.11. The fourth-order valence-electron chi connectivity index (χ4n) is 0.125. The van der Waals surface area contributed by atoms with Crippen molar-refractivity contribution in [2.45, 2.75) is 26.4 Å². The summed E-state index contributed by atoms with van der Waals surface area (Å²) in [7, 11) is 0. The van der Waals surface area contributed by atoms with Gasteiger partial charge >= 0.3 is 0 Å². The van der Waals surface area contributed by atoms with Crippen LogP contribution in [-0.4, -0.2) is 12.1 Å². The minimum absolute atomic E-state index is 0. The van der Waals surface area contributed by atoms with Crippen LogP contribution in [0.4, 0.5) is 0 Å². The summed E-state index contributed by atoms with van der Waals surface area (Å²) < 4.78 is 4.42. The Morgan fingerprint density at radius 2 is 1.75 bits per heavy atom. The zero-order valence-electron chi connectivity index (χ0n) is 5.39. The summed E-state index contributed by atoms with van der Waals surface area (Å²) in [5.41, 5.74) is -0.373. The first kappa shape index (κ1) is 11.4. The SMILES string of the molecule is CC(C)(C)O[C-]=O.[Y]. The van der Waals surface area contributed by atoms with Gasteiger partial charge in [-0.15, -0.1) is 0 Å². The second-order valence-corrected chi connectivity index (χ2v) is 2.30. The Bertz CT molecular complexity index is 65.3. The molecule has 0 fully saturated rings. The maximum atomic E-state index is 9.47. The Labute approximate surface area is 74.9 Å². The third kappa shape index (κ3) is 9.76. The van der Waals surface area contributed by atoms with E-state index in [1.54, 1.807) is 20.8 Å². The molecule has 8 heavy (non-hydrogen) atoms. The van der Waals surface area contributed by atoms with Crippen molar-refractivity contribution in [3.05, 3.63) is 0 Å². The Morgan fingerprint density at radius 3 is 1.75 bits per heavy atom. The van der Waals surface area contributed by atoms with E-state index in [0.717, 1.165) is 0 Å². The Hall–Kier alpha value is 0.574. The summed E-state index contributed by atoms with van der Waals surface area (Å²) in [5.74, 6) is 0. The van der Waals surface area contributed by atoms with Crippen molar-refractivity contribution in [1.82, 2.24) is 0 Å². The van der Waals surface area contributed by atoms with Crippen LogP contribution < -0.4 is 0 Å². The molecule has 0 aliphatic carbocycles. The van der Waals surface area contributed by atoms with E-state index in [-0.39, 0.29) is 38.3 Å². The first-order valence-corrected chi connectivity index (χ1v) is 2.11. The molecule has 0 aliphatic heterocycles. The quantitative estimate of drug-likeness (QED) is 0.573. The Kier molecular flexibility index (Phi) is 6.33. The third-order valence-electron chi connectivity index (χ3n) is 0.348. The molecule has 45 valence electrons. The van der Waals surface area contributed by atoms with Crippen LogP contribution in [0.3, 0.4) is 0 Å². The molecule has 1 radical (unpaired) electrons. The van der Waals surface area contributed by atoms with Crippen molar-refractivity contribution >= 4 is 6.47 Å². The summed E-state index contributed by atoms with van der Waals surface area (Å²) in [6.07, 6.45) is 0. The van der Waals surface area contributed by atoms with E-state index in [1.165, 1.54) is 6.47 Å². The summed E-state index contributed by atoms with van der Waals surface area (Å²) in [6, 6.07) is 0. The van der Waals surface area contributed by atoms with Crippen LogP contribution in [0.5, 0.6) is 0 Å². The molecule has 0 aliphatic rings. The summed E-state index contributed by atoms with van der Waals surface area (Å²) in [5, 5.41) is 0. The molecular formula is C5H9O2Y-. The van der Waals surface area contributed by atoms with Crippen LogP contribution in [-0.2, 0) is 42.2 Å². The van der Waals surface area contributed by atoms with E-state index in [0.29, 0.717) is 0 Å². The van der Waals surface area contributed by atoms with Gasteiger partial charge in [0.1, 0.15) is 0 Å². The van der Waals surface area contributed by atoms with Gasteiger partial charge in [0.05, 0.1) is 5.60 Å². The predicted molar refractivity (Wildman–Crippen MR) is 26.5 cm³/mol. The molecule has 0 unspecified atom stereocenters. The predicted octanol–water partition coefficient (Wildman–Crippen LogP) is 0.866. The topological polar surface area (TPSA) is 26.3 Å². The van der Waals surface area contributed by atoms with Gasteiger partial charge in [0.25, 0.3) is 0 Å². The Morgan fingerprint density at radius 1 is 1.38 bits per heavy atom. The van der Waals surface area contributed by atoms with Gasteiger partial charge in [0.2, 0.25) is 0 Å². The van der Waals surface area contributed by atoms with Crippen LogP contribution in [0.25, 0.3) is 0 Å². The number of rotatable bonds is 1. The van der Waals surface area contributed by atoms with E-state index in [2.05, 4.69) is 4.74 Å². The summed E-state index contributed by atoms with van der Waals surface area (Å²) in [6.45, 7) is 6.73. The van der Waals surface area contributed by atoms with Crippen LogP contribution in [0.15, 0.2) is 0 Å². The van der Waals surface area contributed by atoms with Crippen molar-refractivity contribution in [3.63, 3.8) is 0 Å². The first-order chi connectivity index (χ1) is 3.06. The van der Waals surface area contributed by atoms with Crippen molar-refractivity contribution in [3.8, 4) is 0 Å². The molecule has 0 heterocycles. The number of hydrogen-bond acceptors (Lipinski definition) is 2. The minimum Gasteiger partial charge on any atom is -0.649 e. The van der Waals surface area contributed by atoms with E-state index in [1.807, 2.05) is 0 Å². The molecule has 0 bridgehead atoms. The van der Waals surface area contributed by atoms with Gasteiger partial charge in [-0.1, -0.05) is 6.47 Å². The van der Waals surface area contributed by atoms with Gasteiger partial charge in [-0.05, 0) is 20.8 Å². The molecule has 0 saturated heterocycles. The number of hydrogen-bond donors (Lipinski definition) is 0. The van der Waals surface area contributed by atoms with Gasteiger partial charge in [-0.25, -0.2) is 0 Å². The van der Waals surface area contributed by atoms with E-state index >= 15 is 0 Å². The smallest absolute Gasteiger partial charge is 0.0623 e.